The molecule has 0 saturated carbocycles. The number of carbonyl (C=O) groups is 3. The molecule has 0 radical (unpaired) electrons. The van der Waals surface area contributed by atoms with E-state index in [2.05, 4.69) is 21.2 Å². The van der Waals surface area contributed by atoms with E-state index in [0.29, 0.717) is 3.79 Å². The average molecular weight is 364 g/mol. The highest BCUT2D eigenvalue weighted by Crippen LogP contribution is 2.31. The number of hydrogen-bond acceptors (Lipinski definition) is 5. The summed E-state index contributed by atoms with van der Waals surface area (Å²) >= 11 is 4.29. The van der Waals surface area contributed by atoms with E-state index in [1.807, 2.05) is 0 Å². The first-order chi connectivity index (χ1) is 9.22. The van der Waals surface area contributed by atoms with Crippen molar-refractivity contribution in [1.82, 2.24) is 0 Å². The predicted octanol–water partition coefficient (Wildman–Crippen LogP) is 1.67. The molecule has 0 bridgehead atoms. The van der Waals surface area contributed by atoms with Gasteiger partial charge in [0.05, 0.1) is 9.47 Å². The van der Waals surface area contributed by atoms with Gasteiger partial charge in [0.25, 0.3) is 11.8 Å². The molecule has 1 heterocycles. The monoisotopic (exact) mass is 363 g/mol. The van der Waals surface area contributed by atoms with Crippen LogP contribution in [0, 0.1) is 5.92 Å². The van der Waals surface area contributed by atoms with Crippen molar-refractivity contribution in [3.8, 4) is 0 Å². The molecular weight excluding hydrogens is 350 g/mol. The summed E-state index contributed by atoms with van der Waals surface area (Å²) in [6.45, 7) is 3.40. The van der Waals surface area contributed by atoms with Crippen molar-refractivity contribution in [3.63, 3.8) is 0 Å². The number of carbonyl (C=O) groups excluding carboxylic acids is 3. The van der Waals surface area contributed by atoms with Crippen LogP contribution in [0.2, 0.25) is 0 Å². The van der Waals surface area contributed by atoms with Gasteiger partial charge < -0.3 is 21.5 Å². The number of hydrogen-bond donors (Lipinski definition) is 3. The van der Waals surface area contributed by atoms with Gasteiger partial charge in [0, 0.05) is 0 Å². The third-order valence-electron chi connectivity index (χ3n) is 2.29. The number of halogens is 1. The summed E-state index contributed by atoms with van der Waals surface area (Å²) in [5.41, 5.74) is 10.4. The molecule has 1 aromatic rings. The van der Waals surface area contributed by atoms with Crippen molar-refractivity contribution in [3.05, 3.63) is 14.7 Å². The molecular formula is C11H14BrN3O4S. The molecule has 1 atom stereocenters. The van der Waals surface area contributed by atoms with Crippen LogP contribution in [0.3, 0.4) is 0 Å². The Kier molecular flexibility index (Phi) is 5.52. The second kappa shape index (κ2) is 6.71. The molecule has 20 heavy (non-hydrogen) atoms. The van der Waals surface area contributed by atoms with E-state index < -0.39 is 24.0 Å². The van der Waals surface area contributed by atoms with Gasteiger partial charge in [0.2, 0.25) is 0 Å². The van der Waals surface area contributed by atoms with Crippen LogP contribution in [0.5, 0.6) is 0 Å². The van der Waals surface area contributed by atoms with Crippen molar-refractivity contribution in [2.45, 2.75) is 20.0 Å². The Bertz CT molecular complexity index is 544. The average Bonchev–Trinajstić information content (AvgIpc) is 2.66. The summed E-state index contributed by atoms with van der Waals surface area (Å²) in [4.78, 5) is 34.3. The van der Waals surface area contributed by atoms with Gasteiger partial charge in [0.1, 0.15) is 4.88 Å². The van der Waals surface area contributed by atoms with Crippen LogP contribution in [0.15, 0.2) is 9.85 Å². The molecule has 9 heteroatoms. The van der Waals surface area contributed by atoms with E-state index in [1.54, 1.807) is 19.9 Å². The Balaban J connectivity index is 2.93. The number of nitrogens with one attached hydrogen (secondary N) is 1. The van der Waals surface area contributed by atoms with Gasteiger partial charge >= 0.3 is 6.09 Å². The molecule has 7 nitrogen and oxygen atoms in total. The summed E-state index contributed by atoms with van der Waals surface area (Å²) in [5.74, 6) is -1.51. The zero-order valence-electron chi connectivity index (χ0n) is 10.8. The molecule has 0 aromatic carbocycles. The molecule has 1 rings (SSSR count). The Morgan fingerprint density at radius 3 is 2.40 bits per heavy atom. The summed E-state index contributed by atoms with van der Waals surface area (Å²) in [6.07, 6.45) is -2.09. The lowest BCUT2D eigenvalue weighted by atomic mass is 10.1. The van der Waals surface area contributed by atoms with E-state index in [-0.39, 0.29) is 16.5 Å². The molecule has 0 aliphatic heterocycles. The highest BCUT2D eigenvalue weighted by Gasteiger charge is 2.27. The van der Waals surface area contributed by atoms with Crippen LogP contribution in [0.25, 0.3) is 0 Å². The van der Waals surface area contributed by atoms with E-state index in [9.17, 15) is 14.4 Å². The molecule has 0 spiro atoms. The summed E-state index contributed by atoms with van der Waals surface area (Å²) in [7, 11) is 0. The number of rotatable bonds is 5. The van der Waals surface area contributed by atoms with Crippen LogP contribution < -0.4 is 16.8 Å². The van der Waals surface area contributed by atoms with Gasteiger partial charge in [-0.15, -0.1) is 11.3 Å². The first-order valence-corrected chi connectivity index (χ1v) is 7.19. The van der Waals surface area contributed by atoms with E-state index in [0.717, 1.165) is 11.3 Å². The van der Waals surface area contributed by atoms with Crippen molar-refractivity contribution in [2.24, 2.45) is 17.4 Å². The molecule has 0 aliphatic rings. The molecule has 0 saturated heterocycles. The second-order valence-electron chi connectivity index (χ2n) is 4.25. The number of thiophene rings is 1. The fourth-order valence-corrected chi connectivity index (χ4v) is 2.87. The molecule has 0 aliphatic carbocycles. The van der Waals surface area contributed by atoms with Crippen molar-refractivity contribution < 1.29 is 19.1 Å². The second-order valence-corrected chi connectivity index (χ2v) is 6.68. The van der Waals surface area contributed by atoms with E-state index in [1.165, 1.54) is 0 Å². The van der Waals surface area contributed by atoms with Gasteiger partial charge in [-0.2, -0.15) is 0 Å². The van der Waals surface area contributed by atoms with Gasteiger partial charge in [-0.05, 0) is 27.9 Å². The summed E-state index contributed by atoms with van der Waals surface area (Å²) in [5, 5.41) is 2.51. The maximum Gasteiger partial charge on any atom is 0.405 e. The molecule has 1 unspecified atom stereocenters. The first kappa shape index (κ1) is 16.4. The number of amides is 3. The van der Waals surface area contributed by atoms with Crippen LogP contribution in [-0.2, 0) is 9.53 Å². The SMILES string of the molecule is CC(C)C(OC(N)=O)C(=O)Nc1cc(Br)sc1C(N)=O. The number of primary amides is 2. The normalized spacial score (nSPS) is 12.0. The van der Waals surface area contributed by atoms with E-state index >= 15 is 0 Å². The zero-order chi connectivity index (χ0) is 15.4. The summed E-state index contributed by atoms with van der Waals surface area (Å²) in [6, 6.07) is 1.55. The lowest BCUT2D eigenvalue weighted by Crippen LogP contribution is -2.38. The fraction of sp³-hybridized carbons (Fsp3) is 0.364. The van der Waals surface area contributed by atoms with Crippen molar-refractivity contribution in [1.29, 1.82) is 0 Å². The highest BCUT2D eigenvalue weighted by molar-refractivity contribution is 9.11. The zero-order valence-corrected chi connectivity index (χ0v) is 13.2. The van der Waals surface area contributed by atoms with Crippen LogP contribution >= 0.6 is 27.3 Å². The lowest BCUT2D eigenvalue weighted by Gasteiger charge is -2.19. The van der Waals surface area contributed by atoms with Crippen LogP contribution in [0.1, 0.15) is 23.5 Å². The Morgan fingerprint density at radius 2 is 1.95 bits per heavy atom. The maximum absolute atomic E-state index is 12.1. The van der Waals surface area contributed by atoms with Gasteiger partial charge in [-0.3, -0.25) is 9.59 Å². The Morgan fingerprint density at radius 1 is 1.35 bits per heavy atom. The Labute approximate surface area is 127 Å². The molecule has 3 amide bonds. The van der Waals surface area contributed by atoms with Crippen LogP contribution in [-0.4, -0.2) is 24.0 Å². The minimum atomic E-state index is -1.05. The maximum atomic E-state index is 12.1. The molecule has 0 fully saturated rings. The van der Waals surface area contributed by atoms with Gasteiger partial charge in [0.15, 0.2) is 6.10 Å². The predicted molar refractivity (Wildman–Crippen MR) is 78.5 cm³/mol. The third kappa shape index (κ3) is 4.20. The standard InChI is InChI=1S/C11H14BrN3O4S/c1-4(2)7(19-11(14)18)10(17)15-5-3-6(12)20-8(5)9(13)16/h3-4,7H,1-2H3,(H2,13,16)(H2,14,18)(H,15,17). The Hall–Kier alpha value is -1.61. The molecule has 110 valence electrons. The fourth-order valence-electron chi connectivity index (χ4n) is 1.46. The first-order valence-electron chi connectivity index (χ1n) is 5.58. The third-order valence-corrected chi connectivity index (χ3v) is 3.94. The summed E-state index contributed by atoms with van der Waals surface area (Å²) < 4.78 is 5.39. The van der Waals surface area contributed by atoms with E-state index in [4.69, 9.17) is 16.2 Å². The minimum absolute atomic E-state index is 0.201. The van der Waals surface area contributed by atoms with Crippen LogP contribution in [0.4, 0.5) is 10.5 Å². The quantitative estimate of drug-likeness (QED) is 0.735. The number of ether oxygens (including phenoxy) is 1. The highest BCUT2D eigenvalue weighted by atomic mass is 79.9. The van der Waals surface area contributed by atoms with Crippen molar-refractivity contribution in [2.75, 3.05) is 5.32 Å². The number of anilines is 1. The lowest BCUT2D eigenvalue weighted by molar-refractivity contribution is -0.126. The van der Waals surface area contributed by atoms with Gasteiger partial charge in [-0.1, -0.05) is 13.8 Å². The van der Waals surface area contributed by atoms with Gasteiger partial charge in [-0.25, -0.2) is 4.79 Å². The molecule has 1 aromatic heterocycles. The molecule has 5 N–H and O–H groups in total. The topological polar surface area (TPSA) is 125 Å². The number of nitrogens with two attached hydrogens (primary N) is 2. The minimum Gasteiger partial charge on any atom is -0.436 e. The largest absolute Gasteiger partial charge is 0.436 e. The smallest absolute Gasteiger partial charge is 0.405 e. The van der Waals surface area contributed by atoms with Crippen molar-refractivity contribution >= 4 is 50.9 Å².